The lowest BCUT2D eigenvalue weighted by Crippen LogP contribution is -2.95. The molecule has 0 fully saturated rings. The summed E-state index contributed by atoms with van der Waals surface area (Å²) in [5.41, 5.74) is 4.26. The normalized spacial score (nSPS) is 16.1. The Morgan fingerprint density at radius 3 is 2.30 bits per heavy atom. The van der Waals surface area contributed by atoms with E-state index in [-0.39, 0.29) is 46.2 Å². The minimum atomic E-state index is -1.35. The number of aliphatic hydroxyl groups excluding tert-OH is 1. The molecule has 0 unspecified atom stereocenters. The molecule has 2 rings (SSSR count). The zero-order valence-corrected chi connectivity index (χ0v) is 18.8. The molecule has 33 heavy (non-hydrogen) atoms. The monoisotopic (exact) mass is 481 g/mol. The number of quaternary nitrogens is 2. The summed E-state index contributed by atoms with van der Waals surface area (Å²) >= 11 is 0.984. The van der Waals surface area contributed by atoms with Gasteiger partial charge in [0.15, 0.2) is 24.2 Å². The summed E-state index contributed by atoms with van der Waals surface area (Å²) in [6.07, 6.45) is -1.54. The molecule has 0 aliphatic heterocycles. The maximum atomic E-state index is 12.9. The van der Waals surface area contributed by atoms with Crippen LogP contribution in [0.15, 0.2) is 34.7 Å². The van der Waals surface area contributed by atoms with Crippen LogP contribution < -0.4 is 16.4 Å². The van der Waals surface area contributed by atoms with E-state index in [9.17, 15) is 29.1 Å². The number of rotatable bonds is 12. The molecule has 1 amide bonds. The highest BCUT2D eigenvalue weighted by atomic mass is 32.2. The minimum absolute atomic E-state index is 0.0238. The number of amides is 1. The van der Waals surface area contributed by atoms with Crippen LogP contribution in [0.1, 0.15) is 40.5 Å². The van der Waals surface area contributed by atoms with Crippen LogP contribution in [0.2, 0.25) is 0 Å². The van der Waals surface area contributed by atoms with E-state index in [1.54, 1.807) is 24.3 Å². The average Bonchev–Trinajstić information content (AvgIpc) is 2.78. The molecule has 1 aliphatic carbocycles. The number of hydrogen-bond donors (Lipinski definition) is 6. The van der Waals surface area contributed by atoms with Crippen LogP contribution in [0.25, 0.3) is 0 Å². The lowest BCUT2D eigenvalue weighted by atomic mass is 9.90. The van der Waals surface area contributed by atoms with Crippen molar-refractivity contribution in [2.75, 3.05) is 12.3 Å². The molecule has 1 aliphatic rings. The number of thioether (sulfide) groups is 1. The fourth-order valence-electron chi connectivity index (χ4n) is 3.14. The highest BCUT2D eigenvalue weighted by molar-refractivity contribution is 8.04. The van der Waals surface area contributed by atoms with Crippen molar-refractivity contribution in [1.82, 2.24) is 5.32 Å². The van der Waals surface area contributed by atoms with Gasteiger partial charge in [-0.15, -0.1) is 11.8 Å². The number of hydrogen-bond acceptors (Lipinski definition) is 7. The Morgan fingerprint density at radius 2 is 1.73 bits per heavy atom. The second-order valence-corrected chi connectivity index (χ2v) is 8.57. The van der Waals surface area contributed by atoms with E-state index in [2.05, 4.69) is 11.1 Å². The van der Waals surface area contributed by atoms with Crippen LogP contribution in [-0.2, 0) is 14.4 Å². The van der Waals surface area contributed by atoms with Gasteiger partial charge in [0.25, 0.3) is 0 Å². The molecular weight excluding hydrogens is 454 g/mol. The van der Waals surface area contributed by atoms with Crippen molar-refractivity contribution in [3.63, 3.8) is 0 Å². The summed E-state index contributed by atoms with van der Waals surface area (Å²) in [4.78, 5) is 59.8. The van der Waals surface area contributed by atoms with E-state index in [4.69, 9.17) is 10.2 Å². The quantitative estimate of drug-likeness (QED) is 0.182. The topological polar surface area (TPSA) is 202 Å². The number of carboxylic acid groups (broad SMARTS) is 2. The van der Waals surface area contributed by atoms with Crippen LogP contribution in [0.3, 0.4) is 0 Å². The number of carbonyl (C=O) groups excluding carboxylic acids is 3. The Kier molecular flexibility index (Phi) is 9.29. The third kappa shape index (κ3) is 6.96. The first-order valence-corrected chi connectivity index (χ1v) is 11.1. The van der Waals surface area contributed by atoms with Gasteiger partial charge in [0, 0.05) is 35.3 Å². The first-order chi connectivity index (χ1) is 15.5. The molecule has 0 bridgehead atoms. The number of nitrogens with one attached hydrogen (secondary N) is 1. The lowest BCUT2D eigenvalue weighted by Gasteiger charge is -2.24. The lowest BCUT2D eigenvalue weighted by molar-refractivity contribution is -0.718. The standard InChI is InChI=1S/C21H25N3O8S/c1-10-17(28)11-4-2-3-5-12(11)18(29)19(10)33-9-14(20(30)23-8-16(26)27)24-15(25)7-6-13(22)21(31)32/h2-5,13-14,20,23,30H,6-9,22H2,1H3,(H,24,25)(H,26,27)(H,31,32)/p+2/t13-,14-,20-/m0/s1. The SMILES string of the molecule is CC1=C(SC[C@H](NC(=O)CC[C@H]([NH3+])C(=O)O)[C@H](O)[NH2+]CC(=O)O)C(=O)c2ccccc2C1=O. The third-order valence-corrected chi connectivity index (χ3v) is 6.38. The maximum Gasteiger partial charge on any atom is 0.362 e. The van der Waals surface area contributed by atoms with Gasteiger partial charge in [-0.3, -0.25) is 14.4 Å². The third-order valence-electron chi connectivity index (χ3n) is 5.07. The van der Waals surface area contributed by atoms with E-state index in [1.807, 2.05) is 0 Å². The molecule has 178 valence electrons. The molecule has 3 atom stereocenters. The minimum Gasteiger partial charge on any atom is -0.477 e. The fourth-order valence-corrected chi connectivity index (χ4v) is 4.32. The predicted molar refractivity (Wildman–Crippen MR) is 116 cm³/mol. The smallest absolute Gasteiger partial charge is 0.362 e. The molecular formula is C21H27N3O8S+2. The predicted octanol–water partition coefficient (Wildman–Crippen LogP) is -2.00. The number of Topliss-reactive ketones (excluding diaryl/α,β-unsaturated/α-hetero) is 2. The Hall–Kier alpha value is -3.06. The van der Waals surface area contributed by atoms with Crippen LogP contribution in [0.5, 0.6) is 0 Å². The summed E-state index contributed by atoms with van der Waals surface area (Å²) < 4.78 is 0. The van der Waals surface area contributed by atoms with Crippen LogP contribution >= 0.6 is 11.8 Å². The largest absolute Gasteiger partial charge is 0.477 e. The van der Waals surface area contributed by atoms with E-state index >= 15 is 0 Å². The van der Waals surface area contributed by atoms with Crippen LogP contribution in [0.4, 0.5) is 0 Å². The van der Waals surface area contributed by atoms with E-state index in [1.165, 1.54) is 6.92 Å². The van der Waals surface area contributed by atoms with Gasteiger partial charge in [0.05, 0.1) is 4.91 Å². The molecule has 0 spiro atoms. The Balaban J connectivity index is 2.13. The highest BCUT2D eigenvalue weighted by Crippen LogP contribution is 2.33. The molecule has 0 radical (unpaired) electrons. The van der Waals surface area contributed by atoms with Crippen molar-refractivity contribution < 1.29 is 50.3 Å². The highest BCUT2D eigenvalue weighted by Gasteiger charge is 2.32. The van der Waals surface area contributed by atoms with Crippen LogP contribution in [0, 0.1) is 0 Å². The second kappa shape index (κ2) is 11.7. The van der Waals surface area contributed by atoms with Gasteiger partial charge in [-0.1, -0.05) is 24.3 Å². The summed E-state index contributed by atoms with van der Waals surface area (Å²) in [5.74, 6) is -3.53. The molecule has 1 aromatic carbocycles. The van der Waals surface area contributed by atoms with E-state index in [0.717, 1.165) is 17.1 Å². The number of nitrogens with two attached hydrogens (primary N) is 1. The molecule has 0 aromatic heterocycles. The summed E-state index contributed by atoms with van der Waals surface area (Å²) in [6.45, 7) is 1.07. The van der Waals surface area contributed by atoms with Crippen molar-refractivity contribution in [3.05, 3.63) is 45.9 Å². The number of carbonyl (C=O) groups is 5. The molecule has 0 heterocycles. The van der Waals surface area contributed by atoms with Crippen molar-refractivity contribution in [3.8, 4) is 0 Å². The molecule has 0 saturated carbocycles. The zero-order valence-electron chi connectivity index (χ0n) is 17.9. The first-order valence-electron chi connectivity index (χ1n) is 10.1. The Labute approximate surface area is 193 Å². The summed E-state index contributed by atoms with van der Waals surface area (Å²) in [7, 11) is 0. The van der Waals surface area contributed by atoms with Crippen molar-refractivity contribution in [2.45, 2.75) is 38.1 Å². The summed E-state index contributed by atoms with van der Waals surface area (Å²) in [6, 6.07) is 4.47. The van der Waals surface area contributed by atoms with Crippen molar-refractivity contribution >= 4 is 41.2 Å². The Bertz CT molecular complexity index is 993. The molecule has 9 N–H and O–H groups in total. The van der Waals surface area contributed by atoms with Crippen LogP contribution in [-0.4, -0.2) is 75.3 Å². The van der Waals surface area contributed by atoms with Gasteiger partial charge in [-0.25, -0.2) is 9.59 Å². The zero-order chi connectivity index (χ0) is 24.7. The van der Waals surface area contributed by atoms with Gasteiger partial charge in [0.2, 0.25) is 12.1 Å². The van der Waals surface area contributed by atoms with Gasteiger partial charge >= 0.3 is 11.9 Å². The van der Waals surface area contributed by atoms with E-state index < -0.39 is 42.7 Å². The maximum absolute atomic E-state index is 12.9. The molecule has 1 aromatic rings. The van der Waals surface area contributed by atoms with Crippen molar-refractivity contribution in [2.24, 2.45) is 0 Å². The fraction of sp³-hybridized carbons (Fsp3) is 0.381. The number of carboxylic acids is 2. The number of ketones is 2. The molecule has 0 saturated heterocycles. The number of allylic oxidation sites excluding steroid dienone is 2. The van der Waals surface area contributed by atoms with Gasteiger partial charge < -0.3 is 31.7 Å². The molecule has 11 nitrogen and oxygen atoms in total. The van der Waals surface area contributed by atoms with Crippen molar-refractivity contribution in [1.29, 1.82) is 0 Å². The second-order valence-electron chi connectivity index (χ2n) is 7.54. The van der Waals surface area contributed by atoms with Gasteiger partial charge in [-0.2, -0.15) is 0 Å². The average molecular weight is 482 g/mol. The number of fused-ring (bicyclic) bond motifs is 1. The summed E-state index contributed by atoms with van der Waals surface area (Å²) in [5, 5.41) is 31.8. The number of aliphatic carboxylic acids is 2. The molecule has 12 heteroatoms. The number of benzene rings is 1. The first kappa shape index (κ1) is 26.2. The van der Waals surface area contributed by atoms with Gasteiger partial charge in [-0.05, 0) is 6.92 Å². The van der Waals surface area contributed by atoms with Gasteiger partial charge in [0.1, 0.15) is 6.04 Å². The Morgan fingerprint density at radius 1 is 1.12 bits per heavy atom. The number of aliphatic hydroxyl groups is 1. The van der Waals surface area contributed by atoms with E-state index in [0.29, 0.717) is 5.56 Å².